The van der Waals surface area contributed by atoms with Gasteiger partial charge >= 0.3 is 0 Å². The van der Waals surface area contributed by atoms with E-state index in [-0.39, 0.29) is 0 Å². The van der Waals surface area contributed by atoms with E-state index in [1.54, 1.807) is 0 Å². The maximum absolute atomic E-state index is 4.53. The predicted molar refractivity (Wildman–Crippen MR) is 54.9 cm³/mol. The maximum atomic E-state index is 4.53. The van der Waals surface area contributed by atoms with Crippen molar-refractivity contribution in [2.45, 2.75) is 32.6 Å². The summed E-state index contributed by atoms with van der Waals surface area (Å²) in [4.78, 5) is 0. The molecule has 0 bridgehead atoms. The molecule has 0 atom stereocenters. The molecule has 70 valence electrons. The van der Waals surface area contributed by atoms with Crippen LogP contribution in [0.2, 0.25) is 0 Å². The molecule has 0 amide bonds. The lowest BCUT2D eigenvalue weighted by Crippen LogP contribution is -2.07. The lowest BCUT2D eigenvalue weighted by molar-refractivity contribution is 0.709. The first-order valence-corrected chi connectivity index (χ1v) is 5.05. The van der Waals surface area contributed by atoms with Crippen molar-refractivity contribution >= 4 is 5.71 Å². The Bertz CT molecular complexity index is 279. The first-order valence-electron chi connectivity index (χ1n) is 5.05. The van der Waals surface area contributed by atoms with Crippen LogP contribution < -0.4 is 0 Å². The summed E-state index contributed by atoms with van der Waals surface area (Å²) < 4.78 is 1.90. The monoisotopic (exact) mass is 176 g/mol. The largest absolute Gasteiger partial charge is 0.248 e. The standard InChI is InChI=1S/C11H16N2/c1-10(11-6-2-3-7-11)12-13-8-4-5-9-13/h4-5,8-9,11H,2-3,6-7H2,1H3/b12-10-. The summed E-state index contributed by atoms with van der Waals surface area (Å²) in [6.45, 7) is 2.15. The number of hydrogen-bond donors (Lipinski definition) is 0. The fourth-order valence-corrected chi connectivity index (χ4v) is 2.00. The maximum Gasteiger partial charge on any atom is 0.0388 e. The van der Waals surface area contributed by atoms with Crippen LogP contribution >= 0.6 is 0 Å². The molecule has 1 fully saturated rings. The van der Waals surface area contributed by atoms with Crippen LogP contribution in [0.25, 0.3) is 0 Å². The Morgan fingerprint density at radius 1 is 1.23 bits per heavy atom. The molecule has 0 N–H and O–H groups in total. The van der Waals surface area contributed by atoms with Gasteiger partial charge in [-0.3, -0.25) is 0 Å². The zero-order valence-corrected chi connectivity index (χ0v) is 8.11. The minimum atomic E-state index is 0.738. The second-order valence-corrected chi connectivity index (χ2v) is 3.79. The van der Waals surface area contributed by atoms with Crippen molar-refractivity contribution in [3.8, 4) is 0 Å². The second-order valence-electron chi connectivity index (χ2n) is 3.79. The molecule has 0 saturated heterocycles. The first kappa shape index (κ1) is 8.54. The van der Waals surface area contributed by atoms with E-state index in [1.807, 2.05) is 29.2 Å². The van der Waals surface area contributed by atoms with E-state index in [1.165, 1.54) is 31.4 Å². The van der Waals surface area contributed by atoms with Crippen LogP contribution in [0.5, 0.6) is 0 Å². The molecule has 1 aliphatic carbocycles. The summed E-state index contributed by atoms with van der Waals surface area (Å²) in [5, 5.41) is 4.53. The number of aromatic nitrogens is 1. The van der Waals surface area contributed by atoms with E-state index in [4.69, 9.17) is 0 Å². The van der Waals surface area contributed by atoms with Gasteiger partial charge in [0.25, 0.3) is 0 Å². The summed E-state index contributed by atoms with van der Waals surface area (Å²) in [7, 11) is 0. The fourth-order valence-electron chi connectivity index (χ4n) is 2.00. The molecule has 1 heterocycles. The molecule has 0 unspecified atom stereocenters. The summed E-state index contributed by atoms with van der Waals surface area (Å²) in [6.07, 6.45) is 9.39. The SMILES string of the molecule is C/C(=N/n1cccc1)C1CCCC1. The zero-order chi connectivity index (χ0) is 9.10. The molecule has 1 saturated carbocycles. The van der Waals surface area contributed by atoms with Gasteiger partial charge in [0.2, 0.25) is 0 Å². The molecule has 1 aliphatic rings. The average molecular weight is 176 g/mol. The fraction of sp³-hybridized carbons (Fsp3) is 0.545. The highest BCUT2D eigenvalue weighted by molar-refractivity contribution is 5.84. The second kappa shape index (κ2) is 3.77. The van der Waals surface area contributed by atoms with Gasteiger partial charge in [-0.15, -0.1) is 0 Å². The van der Waals surface area contributed by atoms with Gasteiger partial charge in [-0.25, -0.2) is 4.68 Å². The predicted octanol–water partition coefficient (Wildman–Crippen LogP) is 2.90. The minimum absolute atomic E-state index is 0.738. The topological polar surface area (TPSA) is 17.3 Å². The Kier molecular flexibility index (Phi) is 2.48. The highest BCUT2D eigenvalue weighted by Crippen LogP contribution is 2.25. The third-order valence-corrected chi connectivity index (χ3v) is 2.81. The number of hydrogen-bond acceptors (Lipinski definition) is 1. The summed E-state index contributed by atoms with van der Waals surface area (Å²) in [5.41, 5.74) is 1.29. The third kappa shape index (κ3) is 2.00. The summed E-state index contributed by atoms with van der Waals surface area (Å²) in [5.74, 6) is 0.738. The highest BCUT2D eigenvalue weighted by Gasteiger charge is 2.17. The van der Waals surface area contributed by atoms with Gasteiger partial charge in [0, 0.05) is 18.1 Å². The molecular weight excluding hydrogens is 160 g/mol. The highest BCUT2D eigenvalue weighted by atomic mass is 15.3. The molecule has 2 rings (SSSR count). The molecule has 1 aromatic rings. The Labute approximate surface area is 79.3 Å². The Morgan fingerprint density at radius 2 is 1.85 bits per heavy atom. The van der Waals surface area contributed by atoms with Crippen molar-refractivity contribution in [2.24, 2.45) is 11.0 Å². The van der Waals surface area contributed by atoms with E-state index >= 15 is 0 Å². The zero-order valence-electron chi connectivity index (χ0n) is 8.11. The molecule has 0 aromatic carbocycles. The van der Waals surface area contributed by atoms with Crippen LogP contribution in [0.1, 0.15) is 32.6 Å². The van der Waals surface area contributed by atoms with E-state index < -0.39 is 0 Å². The van der Waals surface area contributed by atoms with Crippen molar-refractivity contribution in [1.29, 1.82) is 0 Å². The first-order chi connectivity index (χ1) is 6.36. The van der Waals surface area contributed by atoms with Crippen molar-refractivity contribution in [3.63, 3.8) is 0 Å². The molecule has 2 nitrogen and oxygen atoms in total. The van der Waals surface area contributed by atoms with Gasteiger partial charge in [-0.05, 0) is 37.8 Å². The normalized spacial score (nSPS) is 19.6. The van der Waals surface area contributed by atoms with Crippen molar-refractivity contribution in [1.82, 2.24) is 4.68 Å². The molecule has 13 heavy (non-hydrogen) atoms. The number of rotatable bonds is 2. The van der Waals surface area contributed by atoms with Crippen LogP contribution in [0.4, 0.5) is 0 Å². The average Bonchev–Trinajstić information content (AvgIpc) is 2.74. The van der Waals surface area contributed by atoms with Gasteiger partial charge in [0.15, 0.2) is 0 Å². The molecule has 0 spiro atoms. The molecule has 0 aliphatic heterocycles. The lowest BCUT2D eigenvalue weighted by atomic mass is 10.0. The van der Waals surface area contributed by atoms with Crippen molar-refractivity contribution in [3.05, 3.63) is 24.5 Å². The van der Waals surface area contributed by atoms with Gasteiger partial charge in [-0.2, -0.15) is 5.10 Å². The lowest BCUT2D eigenvalue weighted by Gasteiger charge is -2.07. The smallest absolute Gasteiger partial charge is 0.0388 e. The van der Waals surface area contributed by atoms with E-state index in [2.05, 4.69) is 12.0 Å². The van der Waals surface area contributed by atoms with Crippen LogP contribution in [0.3, 0.4) is 0 Å². The minimum Gasteiger partial charge on any atom is -0.248 e. The van der Waals surface area contributed by atoms with Crippen molar-refractivity contribution < 1.29 is 0 Å². The van der Waals surface area contributed by atoms with Gasteiger partial charge in [0.1, 0.15) is 0 Å². The van der Waals surface area contributed by atoms with Crippen molar-refractivity contribution in [2.75, 3.05) is 0 Å². The molecular formula is C11H16N2. The van der Waals surface area contributed by atoms with E-state index in [0.29, 0.717) is 0 Å². The summed E-state index contributed by atoms with van der Waals surface area (Å²) in [6, 6.07) is 4.01. The summed E-state index contributed by atoms with van der Waals surface area (Å²) >= 11 is 0. The van der Waals surface area contributed by atoms with Gasteiger partial charge < -0.3 is 0 Å². The molecule has 0 radical (unpaired) electrons. The quantitative estimate of drug-likeness (QED) is 0.616. The van der Waals surface area contributed by atoms with Gasteiger partial charge in [-0.1, -0.05) is 12.8 Å². The Balaban J connectivity index is 2.07. The molecule has 1 aromatic heterocycles. The van der Waals surface area contributed by atoms with Crippen LogP contribution in [-0.4, -0.2) is 10.4 Å². The Hall–Kier alpha value is -1.05. The van der Waals surface area contributed by atoms with E-state index in [0.717, 1.165) is 5.92 Å². The van der Waals surface area contributed by atoms with Crippen LogP contribution in [0.15, 0.2) is 29.6 Å². The van der Waals surface area contributed by atoms with E-state index in [9.17, 15) is 0 Å². The Morgan fingerprint density at radius 3 is 2.46 bits per heavy atom. The third-order valence-electron chi connectivity index (χ3n) is 2.81. The van der Waals surface area contributed by atoms with Crippen LogP contribution in [-0.2, 0) is 0 Å². The van der Waals surface area contributed by atoms with Crippen LogP contribution in [0, 0.1) is 5.92 Å². The van der Waals surface area contributed by atoms with Gasteiger partial charge in [0.05, 0.1) is 0 Å². The molecule has 2 heteroatoms. The number of nitrogens with zero attached hydrogens (tertiary/aromatic N) is 2.